The molecule has 0 aromatic carbocycles. The molecule has 0 aromatic rings. The Morgan fingerprint density at radius 3 is 2.20 bits per heavy atom. The van der Waals surface area contributed by atoms with Crippen LogP contribution in [0.2, 0.25) is 0 Å². The first-order valence-electron chi connectivity index (χ1n) is 1.49. The molecule has 0 N–H and O–H groups in total. The summed E-state index contributed by atoms with van der Waals surface area (Å²) in [4.78, 5) is 0. The Morgan fingerprint density at radius 2 is 2.20 bits per heavy atom. The standard InChI is InChI=1S/C3H6FS/c1-3(5)2-4/h3H,2H2,1H3/t3-/m1/s1. The summed E-state index contributed by atoms with van der Waals surface area (Å²) in [7, 11) is 0. The third-order valence-electron chi connectivity index (χ3n) is 0.217. The molecule has 0 aromatic heterocycles. The zero-order valence-corrected chi connectivity index (χ0v) is 3.89. The second kappa shape index (κ2) is 2.51. The third-order valence-corrected chi connectivity index (χ3v) is 0.343. The molecule has 0 aliphatic carbocycles. The molecule has 0 nitrogen and oxygen atoms in total. The molecule has 0 bridgehead atoms. The Bertz CT molecular complexity index is 20.9. The summed E-state index contributed by atoms with van der Waals surface area (Å²) < 4.78 is 11.0. The first-order valence-corrected chi connectivity index (χ1v) is 1.96. The first kappa shape index (κ1) is 5.28. The van der Waals surface area contributed by atoms with Gasteiger partial charge in [0.05, 0.1) is 0 Å². The van der Waals surface area contributed by atoms with E-state index in [9.17, 15) is 4.39 Å². The van der Waals surface area contributed by atoms with Crippen molar-refractivity contribution in [2.24, 2.45) is 0 Å². The van der Waals surface area contributed by atoms with Crippen LogP contribution in [-0.2, 0) is 0 Å². The van der Waals surface area contributed by atoms with E-state index in [4.69, 9.17) is 0 Å². The summed E-state index contributed by atoms with van der Waals surface area (Å²) in [6, 6.07) is 0. The van der Waals surface area contributed by atoms with Crippen molar-refractivity contribution < 1.29 is 4.39 Å². The normalized spacial score (nSPS) is 15.0. The van der Waals surface area contributed by atoms with Crippen molar-refractivity contribution in [2.75, 3.05) is 6.67 Å². The van der Waals surface area contributed by atoms with Crippen LogP contribution < -0.4 is 0 Å². The van der Waals surface area contributed by atoms with Gasteiger partial charge in [-0.1, -0.05) is 12.6 Å². The van der Waals surface area contributed by atoms with Crippen molar-refractivity contribution in [1.82, 2.24) is 0 Å². The SMILES string of the molecule is C[C@@H]([S])CF. The highest BCUT2D eigenvalue weighted by atomic mass is 32.1. The smallest absolute Gasteiger partial charge is 0.102 e. The number of rotatable bonds is 1. The maximum atomic E-state index is 11.0. The monoisotopic (exact) mass is 93.0 g/mol. The number of alkyl halides is 1. The van der Waals surface area contributed by atoms with Crippen LogP contribution in [0.3, 0.4) is 0 Å². The van der Waals surface area contributed by atoms with Crippen LogP contribution in [0.5, 0.6) is 0 Å². The molecule has 0 fully saturated rings. The molecular weight excluding hydrogens is 87.1 g/mol. The van der Waals surface area contributed by atoms with Crippen LogP contribution >= 0.6 is 12.6 Å². The highest BCUT2D eigenvalue weighted by molar-refractivity contribution is 7.80. The second-order valence-corrected chi connectivity index (χ2v) is 1.77. The number of hydrogen-bond acceptors (Lipinski definition) is 0. The minimum atomic E-state index is -0.380. The predicted molar refractivity (Wildman–Crippen MR) is 23.0 cm³/mol. The van der Waals surface area contributed by atoms with E-state index in [1.165, 1.54) is 0 Å². The Balaban J connectivity index is 2.54. The molecule has 0 amide bonds. The minimum absolute atomic E-state index is 0.199. The van der Waals surface area contributed by atoms with Gasteiger partial charge in [0.2, 0.25) is 0 Å². The fourth-order valence-corrected chi connectivity index (χ4v) is 0. The van der Waals surface area contributed by atoms with E-state index >= 15 is 0 Å². The summed E-state index contributed by atoms with van der Waals surface area (Å²) in [5, 5.41) is -0.199. The van der Waals surface area contributed by atoms with Gasteiger partial charge in [-0.2, -0.15) is 0 Å². The lowest BCUT2D eigenvalue weighted by atomic mass is 10.5. The van der Waals surface area contributed by atoms with Gasteiger partial charge in [0.25, 0.3) is 0 Å². The van der Waals surface area contributed by atoms with Crippen molar-refractivity contribution in [2.45, 2.75) is 12.2 Å². The van der Waals surface area contributed by atoms with Crippen LogP contribution in [-0.4, -0.2) is 11.9 Å². The average Bonchev–Trinajstić information content (AvgIpc) is 1.38. The summed E-state index contributed by atoms with van der Waals surface area (Å²) in [5.74, 6) is 0. The minimum Gasteiger partial charge on any atom is -0.250 e. The molecule has 0 spiro atoms. The molecule has 0 heterocycles. The highest BCUT2D eigenvalue weighted by Gasteiger charge is 1.86. The second-order valence-electron chi connectivity index (χ2n) is 0.965. The van der Waals surface area contributed by atoms with Crippen molar-refractivity contribution >= 4 is 12.6 Å². The molecule has 1 atom stereocenters. The van der Waals surface area contributed by atoms with E-state index in [2.05, 4.69) is 12.6 Å². The van der Waals surface area contributed by atoms with E-state index < -0.39 is 0 Å². The number of halogens is 1. The lowest BCUT2D eigenvalue weighted by molar-refractivity contribution is 0.496. The van der Waals surface area contributed by atoms with Crippen molar-refractivity contribution in [3.63, 3.8) is 0 Å². The Hall–Kier alpha value is 0.280. The summed E-state index contributed by atoms with van der Waals surface area (Å²) >= 11 is 4.41. The molecule has 0 saturated carbocycles. The molecule has 0 saturated heterocycles. The molecule has 31 valence electrons. The lowest BCUT2D eigenvalue weighted by Gasteiger charge is -1.84. The maximum Gasteiger partial charge on any atom is 0.102 e. The topological polar surface area (TPSA) is 0 Å². The van der Waals surface area contributed by atoms with Crippen LogP contribution in [0.4, 0.5) is 4.39 Å². The molecule has 0 rings (SSSR count). The summed E-state index contributed by atoms with van der Waals surface area (Å²) in [6.45, 7) is 1.28. The van der Waals surface area contributed by atoms with Gasteiger partial charge in [-0.05, 0) is 6.92 Å². The van der Waals surface area contributed by atoms with Gasteiger partial charge < -0.3 is 0 Å². The quantitative estimate of drug-likeness (QED) is 0.461. The Morgan fingerprint density at radius 1 is 2.00 bits per heavy atom. The predicted octanol–water partition coefficient (Wildman–Crippen LogP) is 1.54. The van der Waals surface area contributed by atoms with Crippen LogP contribution in [0.1, 0.15) is 6.92 Å². The van der Waals surface area contributed by atoms with E-state index in [-0.39, 0.29) is 11.9 Å². The van der Waals surface area contributed by atoms with E-state index in [0.717, 1.165) is 0 Å². The molecule has 0 aliphatic rings. The number of hydrogen-bond donors (Lipinski definition) is 0. The molecule has 2 heteroatoms. The van der Waals surface area contributed by atoms with E-state index in [1.807, 2.05) is 0 Å². The first-order chi connectivity index (χ1) is 2.27. The van der Waals surface area contributed by atoms with Crippen molar-refractivity contribution in [3.05, 3.63) is 0 Å². The molecule has 1 radical (unpaired) electrons. The van der Waals surface area contributed by atoms with Gasteiger partial charge in [0, 0.05) is 5.25 Å². The van der Waals surface area contributed by atoms with E-state index in [0.29, 0.717) is 0 Å². The maximum absolute atomic E-state index is 11.0. The highest BCUT2D eigenvalue weighted by Crippen LogP contribution is 1.89. The Labute approximate surface area is 36.8 Å². The zero-order valence-electron chi connectivity index (χ0n) is 3.07. The fourth-order valence-electron chi connectivity index (χ4n) is 0. The zero-order chi connectivity index (χ0) is 4.28. The van der Waals surface area contributed by atoms with Crippen LogP contribution in [0.25, 0.3) is 0 Å². The third kappa shape index (κ3) is 4.28. The molecule has 0 unspecified atom stereocenters. The van der Waals surface area contributed by atoms with Crippen molar-refractivity contribution in [3.8, 4) is 0 Å². The van der Waals surface area contributed by atoms with Gasteiger partial charge in [-0.25, -0.2) is 4.39 Å². The fraction of sp³-hybridized carbons (Fsp3) is 1.00. The van der Waals surface area contributed by atoms with E-state index in [1.54, 1.807) is 6.92 Å². The largest absolute Gasteiger partial charge is 0.250 e. The van der Waals surface area contributed by atoms with Crippen LogP contribution in [0, 0.1) is 0 Å². The van der Waals surface area contributed by atoms with Gasteiger partial charge in [-0.3, -0.25) is 0 Å². The lowest BCUT2D eigenvalue weighted by Crippen LogP contribution is -1.89. The average molecular weight is 93.1 g/mol. The Kier molecular flexibility index (Phi) is 2.65. The van der Waals surface area contributed by atoms with Gasteiger partial charge in [-0.15, -0.1) is 0 Å². The molecule has 5 heavy (non-hydrogen) atoms. The molecular formula is C3H6FS. The van der Waals surface area contributed by atoms with Gasteiger partial charge in [0.15, 0.2) is 0 Å². The summed E-state index contributed by atoms with van der Waals surface area (Å²) in [5.41, 5.74) is 0. The van der Waals surface area contributed by atoms with Gasteiger partial charge in [0.1, 0.15) is 6.67 Å². The summed E-state index contributed by atoms with van der Waals surface area (Å²) in [6.07, 6.45) is 0. The van der Waals surface area contributed by atoms with Crippen LogP contribution in [0.15, 0.2) is 0 Å². The molecule has 0 aliphatic heterocycles. The van der Waals surface area contributed by atoms with Gasteiger partial charge >= 0.3 is 0 Å². The van der Waals surface area contributed by atoms with Crippen molar-refractivity contribution in [1.29, 1.82) is 0 Å².